The van der Waals surface area contributed by atoms with Crippen molar-refractivity contribution in [3.8, 4) is 11.5 Å². The molecule has 37 heavy (non-hydrogen) atoms. The highest BCUT2D eigenvalue weighted by molar-refractivity contribution is 7.12. The van der Waals surface area contributed by atoms with Crippen molar-refractivity contribution in [3.63, 3.8) is 0 Å². The molecule has 0 aliphatic carbocycles. The van der Waals surface area contributed by atoms with Crippen LogP contribution in [0.5, 0.6) is 11.5 Å². The van der Waals surface area contributed by atoms with Gasteiger partial charge in [-0.1, -0.05) is 26.0 Å². The minimum atomic E-state index is -0.730. The lowest BCUT2D eigenvalue weighted by Crippen LogP contribution is -2.43. The monoisotopic (exact) mass is 528 g/mol. The van der Waals surface area contributed by atoms with Crippen LogP contribution in [0.25, 0.3) is 0 Å². The van der Waals surface area contributed by atoms with Gasteiger partial charge in [0.25, 0.3) is 5.91 Å². The molecule has 0 spiro atoms. The van der Waals surface area contributed by atoms with Crippen molar-refractivity contribution in [3.05, 3.63) is 57.5 Å². The van der Waals surface area contributed by atoms with Crippen LogP contribution >= 0.6 is 11.3 Å². The van der Waals surface area contributed by atoms with Crippen LogP contribution in [0.1, 0.15) is 48.5 Å². The molecule has 1 amide bonds. The van der Waals surface area contributed by atoms with E-state index in [1.165, 1.54) is 11.3 Å². The van der Waals surface area contributed by atoms with Crippen molar-refractivity contribution in [1.82, 2.24) is 9.80 Å². The lowest BCUT2D eigenvalue weighted by atomic mass is 9.95. The second-order valence-electron chi connectivity index (χ2n) is 9.59. The number of aliphatic hydroxyl groups is 1. The van der Waals surface area contributed by atoms with E-state index < -0.39 is 17.7 Å². The molecule has 1 atom stereocenters. The maximum Gasteiger partial charge on any atom is 0.290 e. The number of ketones is 1. The first kappa shape index (κ1) is 27.2. The molecule has 1 N–H and O–H groups in total. The number of hydrogen-bond donors (Lipinski definition) is 1. The highest BCUT2D eigenvalue weighted by atomic mass is 32.1. The third-order valence-corrected chi connectivity index (χ3v) is 7.46. The molecule has 1 fully saturated rings. The van der Waals surface area contributed by atoms with Gasteiger partial charge in [0.15, 0.2) is 17.3 Å². The van der Waals surface area contributed by atoms with Crippen LogP contribution in [0.2, 0.25) is 0 Å². The molecule has 200 valence electrons. The van der Waals surface area contributed by atoms with Crippen LogP contribution in [0.15, 0.2) is 47.0 Å². The number of rotatable bonds is 12. The van der Waals surface area contributed by atoms with Crippen molar-refractivity contribution in [2.24, 2.45) is 5.92 Å². The van der Waals surface area contributed by atoms with E-state index in [0.717, 1.165) is 19.5 Å². The molecule has 1 aromatic carbocycles. The van der Waals surface area contributed by atoms with Gasteiger partial charge >= 0.3 is 0 Å². The number of carbonyl (C=O) groups is 2. The van der Waals surface area contributed by atoms with Gasteiger partial charge in [0.05, 0.1) is 42.9 Å². The standard InChI is InChI=1S/C28H36N2O6S/c1-4-35-22-18-20(7-8-21(22)36-14-9-19(2)3)25-24(26(31)23-6-5-17-37-23)27(32)28(33)30(25)11-10-29-12-15-34-16-13-29/h5-8,17-19,25,32H,4,9-16H2,1-3H3. The Morgan fingerprint density at radius 1 is 1.16 bits per heavy atom. The largest absolute Gasteiger partial charge is 0.503 e. The number of morpholine rings is 1. The number of thiophene rings is 1. The number of carbonyl (C=O) groups excluding carboxylic acids is 2. The molecule has 4 rings (SSSR count). The fourth-order valence-electron chi connectivity index (χ4n) is 4.56. The molecule has 0 saturated carbocycles. The summed E-state index contributed by atoms with van der Waals surface area (Å²) in [6.45, 7) is 11.0. The van der Waals surface area contributed by atoms with Crippen molar-refractivity contribution in [2.75, 3.05) is 52.6 Å². The molecule has 2 aliphatic rings. The average Bonchev–Trinajstić information content (AvgIpc) is 3.51. The lowest BCUT2D eigenvalue weighted by molar-refractivity contribution is -0.129. The van der Waals surface area contributed by atoms with Crippen LogP contribution in [0.4, 0.5) is 0 Å². The van der Waals surface area contributed by atoms with Gasteiger partial charge in [-0.2, -0.15) is 0 Å². The predicted molar refractivity (Wildman–Crippen MR) is 143 cm³/mol. The molecular weight excluding hydrogens is 492 g/mol. The van der Waals surface area contributed by atoms with Crippen molar-refractivity contribution in [1.29, 1.82) is 0 Å². The number of aliphatic hydroxyl groups excluding tert-OH is 1. The third kappa shape index (κ3) is 6.34. The summed E-state index contributed by atoms with van der Waals surface area (Å²) in [5.41, 5.74) is 0.796. The van der Waals surface area contributed by atoms with Gasteiger partial charge < -0.3 is 24.2 Å². The summed E-state index contributed by atoms with van der Waals surface area (Å²) in [4.78, 5) is 31.1. The van der Waals surface area contributed by atoms with E-state index in [1.54, 1.807) is 17.0 Å². The quantitative estimate of drug-likeness (QED) is 0.406. The van der Waals surface area contributed by atoms with E-state index >= 15 is 0 Å². The van der Waals surface area contributed by atoms with Gasteiger partial charge in [-0.05, 0) is 48.4 Å². The molecular formula is C28H36N2O6S. The second-order valence-corrected chi connectivity index (χ2v) is 10.5. The van der Waals surface area contributed by atoms with Crippen LogP contribution in [0.3, 0.4) is 0 Å². The summed E-state index contributed by atoms with van der Waals surface area (Å²) in [5, 5.41) is 12.8. The fourth-order valence-corrected chi connectivity index (χ4v) is 5.24. The van der Waals surface area contributed by atoms with Crippen LogP contribution in [-0.4, -0.2) is 79.2 Å². The number of amides is 1. The summed E-state index contributed by atoms with van der Waals surface area (Å²) in [6.07, 6.45) is 0.913. The zero-order chi connectivity index (χ0) is 26.4. The fraction of sp³-hybridized carbons (Fsp3) is 0.500. The zero-order valence-corrected chi connectivity index (χ0v) is 22.6. The maximum absolute atomic E-state index is 13.5. The van der Waals surface area contributed by atoms with E-state index in [9.17, 15) is 14.7 Å². The van der Waals surface area contributed by atoms with Crippen molar-refractivity contribution < 1.29 is 28.9 Å². The Balaban J connectivity index is 1.67. The Morgan fingerprint density at radius 2 is 1.95 bits per heavy atom. The molecule has 1 aromatic heterocycles. The lowest BCUT2D eigenvalue weighted by Gasteiger charge is -2.32. The number of nitrogens with zero attached hydrogens (tertiary/aromatic N) is 2. The normalized spacial score (nSPS) is 18.6. The highest BCUT2D eigenvalue weighted by Gasteiger charge is 2.44. The first-order valence-electron chi connectivity index (χ1n) is 12.9. The van der Waals surface area contributed by atoms with Gasteiger partial charge in [-0.15, -0.1) is 11.3 Å². The number of hydrogen-bond acceptors (Lipinski definition) is 8. The van der Waals surface area contributed by atoms with Gasteiger partial charge in [0.1, 0.15) is 0 Å². The van der Waals surface area contributed by atoms with E-state index in [4.69, 9.17) is 14.2 Å². The summed E-state index contributed by atoms with van der Waals surface area (Å²) in [6, 6.07) is 8.28. The van der Waals surface area contributed by atoms with E-state index in [2.05, 4.69) is 18.7 Å². The minimum absolute atomic E-state index is 0.102. The minimum Gasteiger partial charge on any atom is -0.503 e. The van der Waals surface area contributed by atoms with Crippen LogP contribution in [0, 0.1) is 5.92 Å². The summed E-state index contributed by atoms with van der Waals surface area (Å²) in [5.74, 6) is 0.329. The van der Waals surface area contributed by atoms with Crippen LogP contribution in [-0.2, 0) is 9.53 Å². The molecule has 0 radical (unpaired) electrons. The molecule has 8 nitrogen and oxygen atoms in total. The molecule has 2 aliphatic heterocycles. The van der Waals surface area contributed by atoms with E-state index in [0.29, 0.717) is 67.4 Å². The third-order valence-electron chi connectivity index (χ3n) is 6.59. The summed E-state index contributed by atoms with van der Waals surface area (Å²) < 4.78 is 17.3. The second kappa shape index (κ2) is 12.6. The first-order valence-corrected chi connectivity index (χ1v) is 13.8. The Labute approximate surface area is 222 Å². The summed E-state index contributed by atoms with van der Waals surface area (Å²) in [7, 11) is 0. The Morgan fingerprint density at radius 3 is 2.62 bits per heavy atom. The molecule has 1 unspecified atom stereocenters. The molecule has 1 saturated heterocycles. The Bertz CT molecular complexity index is 1110. The number of benzene rings is 1. The summed E-state index contributed by atoms with van der Waals surface area (Å²) >= 11 is 1.29. The SMILES string of the molecule is CCOc1cc(C2C(C(=O)c3cccs3)=C(O)C(=O)N2CCN2CCOCC2)ccc1OCCC(C)C. The Kier molecular flexibility index (Phi) is 9.23. The van der Waals surface area contributed by atoms with Gasteiger partial charge in [0, 0.05) is 26.2 Å². The topological polar surface area (TPSA) is 88.5 Å². The van der Waals surface area contributed by atoms with Crippen molar-refractivity contribution >= 4 is 23.0 Å². The molecule has 0 bridgehead atoms. The number of ether oxygens (including phenoxy) is 3. The Hall–Kier alpha value is -2.88. The molecule has 9 heteroatoms. The average molecular weight is 529 g/mol. The first-order chi connectivity index (χ1) is 17.9. The van der Waals surface area contributed by atoms with Gasteiger partial charge in [-0.25, -0.2) is 0 Å². The van der Waals surface area contributed by atoms with Gasteiger partial charge in [-0.3, -0.25) is 14.5 Å². The predicted octanol–water partition coefficient (Wildman–Crippen LogP) is 4.48. The number of Topliss-reactive ketones (excluding diaryl/α,β-unsaturated/α-hetero) is 1. The highest BCUT2D eigenvalue weighted by Crippen LogP contribution is 2.42. The zero-order valence-electron chi connectivity index (χ0n) is 21.8. The smallest absolute Gasteiger partial charge is 0.290 e. The molecule has 2 aromatic rings. The van der Waals surface area contributed by atoms with Crippen molar-refractivity contribution in [2.45, 2.75) is 33.2 Å². The van der Waals surface area contributed by atoms with Gasteiger partial charge in [0.2, 0.25) is 5.78 Å². The maximum atomic E-state index is 13.5. The van der Waals surface area contributed by atoms with Crippen LogP contribution < -0.4 is 9.47 Å². The van der Waals surface area contributed by atoms with E-state index in [-0.39, 0.29) is 11.4 Å². The molecule has 3 heterocycles. The van der Waals surface area contributed by atoms with E-state index in [1.807, 2.05) is 30.5 Å².